The zero-order valence-electron chi connectivity index (χ0n) is 15.4. The molecule has 4 rings (SSSR count). The van der Waals surface area contributed by atoms with Crippen molar-refractivity contribution in [1.82, 2.24) is 15.2 Å². The Morgan fingerprint density at radius 1 is 1.18 bits per heavy atom. The number of hydrogen-bond acceptors (Lipinski definition) is 5. The Bertz CT molecular complexity index is 944. The van der Waals surface area contributed by atoms with Crippen LogP contribution in [-0.2, 0) is 0 Å². The van der Waals surface area contributed by atoms with Crippen molar-refractivity contribution in [1.29, 1.82) is 0 Å². The minimum absolute atomic E-state index is 0.0128. The fourth-order valence-corrected chi connectivity index (χ4v) is 4.44. The van der Waals surface area contributed by atoms with Gasteiger partial charge in [0.15, 0.2) is 10.2 Å². The zero-order valence-corrected chi connectivity index (χ0v) is 17.0. The van der Waals surface area contributed by atoms with Crippen molar-refractivity contribution in [2.75, 3.05) is 13.2 Å². The average molecular weight is 412 g/mol. The second-order valence-electron chi connectivity index (χ2n) is 6.62. The van der Waals surface area contributed by atoms with E-state index in [1.54, 1.807) is 18.0 Å². The quantitative estimate of drug-likeness (QED) is 0.592. The Labute approximate surface area is 173 Å². The van der Waals surface area contributed by atoms with Gasteiger partial charge in [0.25, 0.3) is 0 Å². The summed E-state index contributed by atoms with van der Waals surface area (Å²) in [6.07, 6.45) is 1.77. The highest BCUT2D eigenvalue weighted by Gasteiger charge is 2.41. The number of nitrogens with one attached hydrogen (secondary N) is 1. The summed E-state index contributed by atoms with van der Waals surface area (Å²) in [7, 11) is 0. The topological polar surface area (TPSA) is 61.5 Å². The lowest BCUT2D eigenvalue weighted by molar-refractivity contribution is 0.204. The number of benzene rings is 1. The fourth-order valence-electron chi connectivity index (χ4n) is 3.33. The Morgan fingerprint density at radius 3 is 2.71 bits per heavy atom. The third kappa shape index (κ3) is 3.92. The van der Waals surface area contributed by atoms with Gasteiger partial charge < -0.3 is 19.7 Å². The highest BCUT2D eigenvalue weighted by atomic mass is 32.2. The fraction of sp³-hybridized carbons (Fsp3) is 0.238. The molecule has 1 aromatic carbocycles. The SMILES string of the molecule is Cc1ccc(Sc2ccc(C3C(c4ccccn4)NC(=S)N3CCO)o2)cc1. The summed E-state index contributed by atoms with van der Waals surface area (Å²) in [5.41, 5.74) is 2.12. The lowest BCUT2D eigenvalue weighted by atomic mass is 10.0. The number of aryl methyl sites for hydroxylation is 1. The molecule has 1 fully saturated rings. The molecule has 7 heteroatoms. The Morgan fingerprint density at radius 2 is 2.00 bits per heavy atom. The van der Waals surface area contributed by atoms with Crippen LogP contribution in [0.5, 0.6) is 0 Å². The van der Waals surface area contributed by atoms with E-state index < -0.39 is 0 Å². The van der Waals surface area contributed by atoms with Crippen LogP contribution < -0.4 is 5.32 Å². The van der Waals surface area contributed by atoms with Gasteiger partial charge in [-0.05, 0) is 55.5 Å². The Kier molecular flexibility index (Phi) is 5.66. The standard InChI is InChI=1S/C21H21N3O2S2/c1-14-5-7-15(8-6-14)28-18-10-9-17(26-18)20-19(16-4-2-3-11-22-16)23-21(27)24(20)12-13-25/h2-11,19-20,25H,12-13H2,1H3,(H,23,27). The van der Waals surface area contributed by atoms with Crippen molar-refractivity contribution in [2.24, 2.45) is 0 Å². The molecule has 3 aromatic rings. The summed E-state index contributed by atoms with van der Waals surface area (Å²) in [5, 5.41) is 14.3. The molecule has 2 aromatic heterocycles. The van der Waals surface area contributed by atoms with Gasteiger partial charge in [-0.2, -0.15) is 0 Å². The lowest BCUT2D eigenvalue weighted by Crippen LogP contribution is -2.32. The molecule has 0 spiro atoms. The van der Waals surface area contributed by atoms with Crippen molar-refractivity contribution in [3.8, 4) is 0 Å². The van der Waals surface area contributed by atoms with Gasteiger partial charge in [0, 0.05) is 17.6 Å². The minimum Gasteiger partial charge on any atom is -0.452 e. The summed E-state index contributed by atoms with van der Waals surface area (Å²) in [4.78, 5) is 7.58. The number of furan rings is 1. The third-order valence-electron chi connectivity index (χ3n) is 4.67. The van der Waals surface area contributed by atoms with E-state index in [1.807, 2.05) is 35.2 Å². The second kappa shape index (κ2) is 8.34. The maximum absolute atomic E-state index is 9.51. The molecular formula is C21H21N3O2S2. The highest BCUT2D eigenvalue weighted by molar-refractivity contribution is 7.99. The van der Waals surface area contributed by atoms with Crippen LogP contribution in [0.25, 0.3) is 0 Å². The van der Waals surface area contributed by atoms with Gasteiger partial charge in [0.2, 0.25) is 0 Å². The van der Waals surface area contributed by atoms with Gasteiger partial charge in [-0.3, -0.25) is 4.98 Å². The molecule has 2 N–H and O–H groups in total. The maximum atomic E-state index is 9.51. The first-order chi connectivity index (χ1) is 13.7. The molecule has 3 heterocycles. The molecule has 1 aliphatic rings. The van der Waals surface area contributed by atoms with E-state index in [4.69, 9.17) is 16.6 Å². The van der Waals surface area contributed by atoms with Crippen LogP contribution in [0.4, 0.5) is 0 Å². The first kappa shape index (κ1) is 19.0. The number of aliphatic hydroxyl groups excluding tert-OH is 1. The molecule has 0 radical (unpaired) electrons. The van der Waals surface area contributed by atoms with E-state index >= 15 is 0 Å². The van der Waals surface area contributed by atoms with Gasteiger partial charge in [-0.25, -0.2) is 0 Å². The van der Waals surface area contributed by atoms with Crippen molar-refractivity contribution in [3.05, 3.63) is 77.8 Å². The minimum atomic E-state index is -0.165. The lowest BCUT2D eigenvalue weighted by Gasteiger charge is -2.25. The monoisotopic (exact) mass is 411 g/mol. The predicted molar refractivity (Wildman–Crippen MR) is 113 cm³/mol. The van der Waals surface area contributed by atoms with E-state index in [1.165, 1.54) is 5.56 Å². The number of thiocarbonyl (C=S) groups is 1. The Hall–Kier alpha value is -2.35. The van der Waals surface area contributed by atoms with Crippen LogP contribution in [0.1, 0.15) is 29.1 Å². The molecule has 2 unspecified atom stereocenters. The van der Waals surface area contributed by atoms with Crippen LogP contribution in [0.3, 0.4) is 0 Å². The van der Waals surface area contributed by atoms with Crippen molar-refractivity contribution < 1.29 is 9.52 Å². The van der Waals surface area contributed by atoms with E-state index in [0.717, 1.165) is 21.4 Å². The third-order valence-corrected chi connectivity index (χ3v) is 5.95. The van der Waals surface area contributed by atoms with E-state index in [2.05, 4.69) is 41.5 Å². The predicted octanol–water partition coefficient (Wildman–Crippen LogP) is 4.10. The first-order valence-corrected chi connectivity index (χ1v) is 10.3. The average Bonchev–Trinajstić information content (AvgIpc) is 3.29. The van der Waals surface area contributed by atoms with Crippen LogP contribution in [0.2, 0.25) is 0 Å². The number of rotatable bonds is 6. The molecule has 0 aliphatic carbocycles. The summed E-state index contributed by atoms with van der Waals surface area (Å²) in [6, 6.07) is 17.8. The summed E-state index contributed by atoms with van der Waals surface area (Å²) in [6.45, 7) is 2.52. The van der Waals surface area contributed by atoms with Gasteiger partial charge in [0.1, 0.15) is 11.8 Å². The largest absolute Gasteiger partial charge is 0.452 e. The van der Waals surface area contributed by atoms with Crippen molar-refractivity contribution in [2.45, 2.75) is 29.0 Å². The molecule has 1 aliphatic heterocycles. The molecule has 144 valence electrons. The van der Waals surface area contributed by atoms with E-state index in [-0.39, 0.29) is 18.7 Å². The number of hydrogen-bond donors (Lipinski definition) is 2. The van der Waals surface area contributed by atoms with Gasteiger partial charge in [-0.15, -0.1) is 0 Å². The summed E-state index contributed by atoms with van der Waals surface area (Å²) in [5.74, 6) is 0.797. The number of aromatic nitrogens is 1. The maximum Gasteiger partial charge on any atom is 0.170 e. The molecule has 5 nitrogen and oxygen atoms in total. The van der Waals surface area contributed by atoms with Crippen LogP contribution in [0, 0.1) is 6.92 Å². The van der Waals surface area contributed by atoms with Gasteiger partial charge in [-0.1, -0.05) is 35.5 Å². The zero-order chi connectivity index (χ0) is 19.5. The van der Waals surface area contributed by atoms with Gasteiger partial charge >= 0.3 is 0 Å². The first-order valence-electron chi connectivity index (χ1n) is 9.09. The molecule has 1 saturated heterocycles. The molecule has 0 saturated carbocycles. The molecule has 0 amide bonds. The number of aliphatic hydroxyl groups is 1. The van der Waals surface area contributed by atoms with Gasteiger partial charge in [0.05, 0.1) is 18.3 Å². The van der Waals surface area contributed by atoms with Crippen molar-refractivity contribution in [3.63, 3.8) is 0 Å². The summed E-state index contributed by atoms with van der Waals surface area (Å²) < 4.78 is 6.19. The Balaban J connectivity index is 1.63. The number of pyridine rings is 1. The summed E-state index contributed by atoms with van der Waals surface area (Å²) >= 11 is 7.10. The highest BCUT2D eigenvalue weighted by Crippen LogP contribution is 2.40. The molecule has 0 bridgehead atoms. The van der Waals surface area contributed by atoms with Crippen molar-refractivity contribution >= 4 is 29.1 Å². The molecule has 28 heavy (non-hydrogen) atoms. The molecular weight excluding hydrogens is 390 g/mol. The molecule has 2 atom stereocenters. The number of β-amino-alcohol motifs (C(OH)–C–C–N with tert-alkyl or cyclic N) is 1. The second-order valence-corrected chi connectivity index (χ2v) is 8.08. The van der Waals surface area contributed by atoms with Crippen LogP contribution >= 0.6 is 24.0 Å². The smallest absolute Gasteiger partial charge is 0.170 e. The van der Waals surface area contributed by atoms with E-state index in [0.29, 0.717) is 11.7 Å². The normalized spacial score (nSPS) is 19.1. The van der Waals surface area contributed by atoms with E-state index in [9.17, 15) is 5.11 Å². The van der Waals surface area contributed by atoms with Crippen LogP contribution in [-0.4, -0.2) is 33.3 Å². The van der Waals surface area contributed by atoms with Crippen LogP contribution in [0.15, 0.2) is 75.2 Å². The number of nitrogens with zero attached hydrogens (tertiary/aromatic N) is 2.